The number of carbonyl (C=O) groups excluding carboxylic acids is 1. The van der Waals surface area contributed by atoms with Crippen LogP contribution in [0.1, 0.15) is 32.9 Å². The van der Waals surface area contributed by atoms with Gasteiger partial charge in [0.05, 0.1) is 21.2 Å². The van der Waals surface area contributed by atoms with Crippen molar-refractivity contribution in [2.24, 2.45) is 0 Å². The Morgan fingerprint density at radius 1 is 1.28 bits per heavy atom. The van der Waals surface area contributed by atoms with Crippen LogP contribution in [0.2, 0.25) is 5.02 Å². The molecule has 0 fully saturated rings. The summed E-state index contributed by atoms with van der Waals surface area (Å²) in [6.45, 7) is 5.72. The number of nitrogens with one attached hydrogen (secondary N) is 1. The minimum atomic E-state index is -0.568. The number of nitrogens with zero attached hydrogens (tertiary/aromatic N) is 2. The van der Waals surface area contributed by atoms with Crippen molar-refractivity contribution in [2.75, 3.05) is 5.32 Å². The van der Waals surface area contributed by atoms with Gasteiger partial charge in [0.2, 0.25) is 0 Å². The van der Waals surface area contributed by atoms with Gasteiger partial charge >= 0.3 is 0 Å². The molecule has 0 saturated heterocycles. The number of anilines is 1. The van der Waals surface area contributed by atoms with Crippen LogP contribution in [-0.4, -0.2) is 16.0 Å². The summed E-state index contributed by atoms with van der Waals surface area (Å²) >= 11 is 6.04. The van der Waals surface area contributed by atoms with E-state index >= 15 is 0 Å². The second-order valence-corrected chi connectivity index (χ2v) is 6.84. The van der Waals surface area contributed by atoms with E-state index in [9.17, 15) is 14.9 Å². The van der Waals surface area contributed by atoms with Crippen molar-refractivity contribution in [1.82, 2.24) is 5.16 Å². The number of halogens is 1. The lowest BCUT2D eigenvalue weighted by Crippen LogP contribution is -2.16. The molecule has 9 heteroatoms. The molecule has 8 nitrogen and oxygen atoms in total. The smallest absolute Gasteiger partial charge is 0.278 e. The Balaban J connectivity index is 1.79. The molecule has 0 unspecified atom stereocenters. The standard InChI is InChI=1S/C20H18ClN3O5/c1-11-5-4-6-18(12(11)2)28-10-15-13(3)29-23-19(15)20(25)22-17-8-7-14(24(26)27)9-16(17)21/h4-9H,10H2,1-3H3,(H,22,25). The summed E-state index contributed by atoms with van der Waals surface area (Å²) in [5.74, 6) is 0.600. The topological polar surface area (TPSA) is 108 Å². The van der Waals surface area contributed by atoms with Crippen molar-refractivity contribution >= 4 is 28.9 Å². The van der Waals surface area contributed by atoms with Gasteiger partial charge in [-0.05, 0) is 44.0 Å². The van der Waals surface area contributed by atoms with Crippen molar-refractivity contribution in [1.29, 1.82) is 0 Å². The van der Waals surface area contributed by atoms with Gasteiger partial charge in [0.15, 0.2) is 5.69 Å². The number of non-ortho nitro benzene ring substituents is 1. The number of ether oxygens (including phenoxy) is 1. The van der Waals surface area contributed by atoms with Crippen LogP contribution in [-0.2, 0) is 6.61 Å². The molecule has 0 spiro atoms. The Kier molecular flexibility index (Phi) is 5.84. The molecule has 0 bridgehead atoms. The molecule has 150 valence electrons. The normalized spacial score (nSPS) is 10.6. The Morgan fingerprint density at radius 2 is 2.03 bits per heavy atom. The van der Waals surface area contributed by atoms with E-state index in [1.165, 1.54) is 12.1 Å². The van der Waals surface area contributed by atoms with E-state index in [2.05, 4.69) is 10.5 Å². The van der Waals surface area contributed by atoms with Gasteiger partial charge in [0.25, 0.3) is 11.6 Å². The highest BCUT2D eigenvalue weighted by Crippen LogP contribution is 2.28. The number of carbonyl (C=O) groups is 1. The summed E-state index contributed by atoms with van der Waals surface area (Å²) in [5, 5.41) is 17.3. The molecular formula is C20H18ClN3O5. The summed E-state index contributed by atoms with van der Waals surface area (Å²) in [7, 11) is 0. The van der Waals surface area contributed by atoms with Crippen LogP contribution in [0.15, 0.2) is 40.9 Å². The van der Waals surface area contributed by atoms with Gasteiger partial charge in [0.1, 0.15) is 18.1 Å². The first-order chi connectivity index (χ1) is 13.8. The molecule has 0 aliphatic heterocycles. The van der Waals surface area contributed by atoms with E-state index < -0.39 is 10.8 Å². The molecule has 0 radical (unpaired) electrons. The van der Waals surface area contributed by atoms with Gasteiger partial charge in [0, 0.05) is 12.1 Å². The molecule has 3 rings (SSSR count). The average Bonchev–Trinajstić information content (AvgIpc) is 3.05. The molecule has 0 aliphatic carbocycles. The number of nitro benzene ring substituents is 1. The Morgan fingerprint density at radius 3 is 2.72 bits per heavy atom. The molecule has 2 aromatic carbocycles. The second-order valence-electron chi connectivity index (χ2n) is 6.43. The van der Waals surface area contributed by atoms with Gasteiger partial charge in [-0.2, -0.15) is 0 Å². The molecule has 1 N–H and O–H groups in total. The highest BCUT2D eigenvalue weighted by molar-refractivity contribution is 6.34. The minimum Gasteiger partial charge on any atom is -0.488 e. The number of hydrogen-bond acceptors (Lipinski definition) is 6. The number of aryl methyl sites for hydroxylation is 2. The van der Waals surface area contributed by atoms with E-state index in [4.69, 9.17) is 20.9 Å². The van der Waals surface area contributed by atoms with E-state index in [-0.39, 0.29) is 28.7 Å². The van der Waals surface area contributed by atoms with E-state index in [1.807, 2.05) is 32.0 Å². The van der Waals surface area contributed by atoms with Gasteiger partial charge in [-0.25, -0.2) is 0 Å². The van der Waals surface area contributed by atoms with E-state index in [1.54, 1.807) is 6.92 Å². The van der Waals surface area contributed by atoms with Crippen molar-refractivity contribution in [2.45, 2.75) is 27.4 Å². The van der Waals surface area contributed by atoms with Gasteiger partial charge in [-0.1, -0.05) is 28.9 Å². The third-order valence-electron chi connectivity index (χ3n) is 4.54. The molecule has 1 aromatic heterocycles. The minimum absolute atomic E-state index is 0.0425. The van der Waals surface area contributed by atoms with Crippen LogP contribution in [0.5, 0.6) is 5.75 Å². The lowest BCUT2D eigenvalue weighted by molar-refractivity contribution is -0.384. The summed E-state index contributed by atoms with van der Waals surface area (Å²) in [5.41, 5.74) is 2.71. The number of aromatic nitrogens is 1. The molecule has 1 amide bonds. The SMILES string of the molecule is Cc1cccc(OCc2c(C(=O)Nc3ccc([N+](=O)[O-])cc3Cl)noc2C)c1C. The van der Waals surface area contributed by atoms with Crippen molar-refractivity contribution in [3.05, 3.63) is 79.7 Å². The second kappa shape index (κ2) is 8.32. The third-order valence-corrected chi connectivity index (χ3v) is 4.85. The van der Waals surface area contributed by atoms with Crippen LogP contribution in [0.4, 0.5) is 11.4 Å². The fourth-order valence-electron chi connectivity index (χ4n) is 2.67. The first kappa shape index (κ1) is 20.3. The first-order valence-corrected chi connectivity index (χ1v) is 9.05. The van der Waals surface area contributed by atoms with E-state index in [0.29, 0.717) is 17.1 Å². The molecule has 29 heavy (non-hydrogen) atoms. The largest absolute Gasteiger partial charge is 0.488 e. The Bertz CT molecular complexity index is 1090. The zero-order valence-electron chi connectivity index (χ0n) is 16.0. The van der Waals surface area contributed by atoms with Crippen LogP contribution < -0.4 is 10.1 Å². The molecule has 0 aliphatic rings. The number of benzene rings is 2. The van der Waals surface area contributed by atoms with Gasteiger partial charge in [-0.15, -0.1) is 0 Å². The average molecular weight is 416 g/mol. The number of hydrogen-bond donors (Lipinski definition) is 1. The molecule has 0 saturated carbocycles. The fraction of sp³-hybridized carbons (Fsp3) is 0.200. The number of nitro groups is 1. The summed E-state index contributed by atoms with van der Waals surface area (Å²) in [6.07, 6.45) is 0. The van der Waals surface area contributed by atoms with Gasteiger partial charge in [-0.3, -0.25) is 14.9 Å². The number of rotatable bonds is 6. The first-order valence-electron chi connectivity index (χ1n) is 8.67. The fourth-order valence-corrected chi connectivity index (χ4v) is 2.89. The highest BCUT2D eigenvalue weighted by Gasteiger charge is 2.22. The molecular weight excluding hydrogens is 398 g/mol. The van der Waals surface area contributed by atoms with Crippen LogP contribution in [0.3, 0.4) is 0 Å². The van der Waals surface area contributed by atoms with Crippen LogP contribution >= 0.6 is 11.6 Å². The van der Waals surface area contributed by atoms with Crippen LogP contribution in [0, 0.1) is 30.9 Å². The van der Waals surface area contributed by atoms with E-state index in [0.717, 1.165) is 17.2 Å². The summed E-state index contributed by atoms with van der Waals surface area (Å²) in [6, 6.07) is 9.50. The third kappa shape index (κ3) is 4.38. The van der Waals surface area contributed by atoms with Gasteiger partial charge < -0.3 is 14.6 Å². The number of amides is 1. The maximum absolute atomic E-state index is 12.7. The lowest BCUT2D eigenvalue weighted by Gasteiger charge is -2.11. The summed E-state index contributed by atoms with van der Waals surface area (Å²) in [4.78, 5) is 22.9. The maximum Gasteiger partial charge on any atom is 0.278 e. The zero-order chi connectivity index (χ0) is 21.1. The quantitative estimate of drug-likeness (QED) is 0.448. The Labute approximate surface area is 171 Å². The molecule has 3 aromatic rings. The van der Waals surface area contributed by atoms with Crippen LogP contribution in [0.25, 0.3) is 0 Å². The molecule has 0 atom stereocenters. The Hall–Kier alpha value is -3.39. The highest BCUT2D eigenvalue weighted by atomic mass is 35.5. The lowest BCUT2D eigenvalue weighted by atomic mass is 10.1. The van der Waals surface area contributed by atoms with Crippen molar-refractivity contribution < 1.29 is 19.0 Å². The monoisotopic (exact) mass is 415 g/mol. The zero-order valence-corrected chi connectivity index (χ0v) is 16.7. The maximum atomic E-state index is 12.7. The predicted molar refractivity (Wildman–Crippen MR) is 108 cm³/mol. The predicted octanol–water partition coefficient (Wildman–Crippen LogP) is 4.99. The van der Waals surface area contributed by atoms with Crippen molar-refractivity contribution in [3.63, 3.8) is 0 Å². The summed E-state index contributed by atoms with van der Waals surface area (Å²) < 4.78 is 11.0. The van der Waals surface area contributed by atoms with Crippen molar-refractivity contribution in [3.8, 4) is 5.75 Å². The molecule has 1 heterocycles.